The zero-order valence-electron chi connectivity index (χ0n) is 11.6. The fraction of sp³-hybridized carbons (Fsp3) is 0.692. The summed E-state index contributed by atoms with van der Waals surface area (Å²) in [6, 6.07) is 0. The first-order chi connectivity index (χ1) is 8.31. The van der Waals surface area contributed by atoms with E-state index in [9.17, 15) is 4.79 Å². The second kappa shape index (κ2) is 6.36. The average Bonchev–Trinajstić information content (AvgIpc) is 2.27. The van der Waals surface area contributed by atoms with E-state index in [-0.39, 0.29) is 5.56 Å². The number of rotatable bonds is 5. The fourth-order valence-corrected chi connectivity index (χ4v) is 2.14. The van der Waals surface area contributed by atoms with Gasteiger partial charge < -0.3 is 5.32 Å². The molecule has 0 atom stereocenters. The predicted octanol–water partition coefficient (Wildman–Crippen LogP) is 3.17. The molecule has 1 aromatic heterocycles. The topological polar surface area (TPSA) is 46.9 Å². The number of anilines is 1. The Hall–Kier alpha value is -0.840. The number of hydrogen-bond acceptors (Lipinski definition) is 3. The van der Waals surface area contributed by atoms with Gasteiger partial charge in [-0.15, -0.1) is 0 Å². The Morgan fingerprint density at radius 2 is 2.06 bits per heavy atom. The number of aryl methyl sites for hydroxylation is 1. The maximum Gasteiger partial charge on any atom is 0.282 e. The van der Waals surface area contributed by atoms with Crippen LogP contribution in [0.15, 0.2) is 15.5 Å². The molecular formula is C13H22BrN3O. The average molecular weight is 316 g/mol. The van der Waals surface area contributed by atoms with Gasteiger partial charge in [0.25, 0.3) is 5.56 Å². The summed E-state index contributed by atoms with van der Waals surface area (Å²) in [5.74, 6) is 0. The van der Waals surface area contributed by atoms with Crippen LogP contribution in [-0.2, 0) is 7.05 Å². The minimum absolute atomic E-state index is 0.116. The Bertz CT molecular complexity index is 449. The summed E-state index contributed by atoms with van der Waals surface area (Å²) in [5.41, 5.74) is 1.05. The van der Waals surface area contributed by atoms with Crippen molar-refractivity contribution >= 4 is 21.6 Å². The Labute approximate surface area is 117 Å². The summed E-state index contributed by atoms with van der Waals surface area (Å²) in [4.78, 5) is 11.6. The van der Waals surface area contributed by atoms with Crippen LogP contribution in [0.3, 0.4) is 0 Å². The Kier molecular flexibility index (Phi) is 5.38. The number of halogens is 1. The van der Waals surface area contributed by atoms with Gasteiger partial charge in [-0.1, -0.05) is 27.2 Å². The molecule has 0 aliphatic carbocycles. The summed E-state index contributed by atoms with van der Waals surface area (Å²) in [6.07, 6.45) is 5.17. The molecule has 1 aromatic rings. The van der Waals surface area contributed by atoms with Crippen molar-refractivity contribution in [2.75, 3.05) is 11.9 Å². The second-order valence-corrected chi connectivity index (χ2v) is 6.54. The van der Waals surface area contributed by atoms with Gasteiger partial charge in [-0.05, 0) is 34.2 Å². The number of nitrogens with zero attached hydrogens (tertiary/aromatic N) is 2. The molecule has 0 saturated heterocycles. The third-order valence-electron chi connectivity index (χ3n) is 2.75. The van der Waals surface area contributed by atoms with Gasteiger partial charge in [0.15, 0.2) is 0 Å². The highest BCUT2D eigenvalue weighted by Gasteiger charge is 2.09. The number of unbranched alkanes of at least 4 members (excludes halogenated alkanes) is 1. The van der Waals surface area contributed by atoms with Gasteiger partial charge in [0.1, 0.15) is 4.47 Å². The Morgan fingerprint density at radius 1 is 1.39 bits per heavy atom. The van der Waals surface area contributed by atoms with Crippen LogP contribution in [0.2, 0.25) is 0 Å². The summed E-state index contributed by atoms with van der Waals surface area (Å²) in [5, 5.41) is 7.23. The fourth-order valence-electron chi connectivity index (χ4n) is 1.64. The smallest absolute Gasteiger partial charge is 0.282 e. The van der Waals surface area contributed by atoms with Gasteiger partial charge in [-0.3, -0.25) is 4.79 Å². The monoisotopic (exact) mass is 315 g/mol. The van der Waals surface area contributed by atoms with E-state index in [1.165, 1.54) is 17.5 Å². The SMILES string of the molecule is Cn1ncc(NCCCCC(C)(C)C)c(Br)c1=O. The minimum atomic E-state index is -0.116. The van der Waals surface area contributed by atoms with E-state index in [2.05, 4.69) is 47.1 Å². The molecule has 0 aromatic carbocycles. The summed E-state index contributed by atoms with van der Waals surface area (Å²) >= 11 is 3.30. The molecule has 0 aliphatic rings. The largest absolute Gasteiger partial charge is 0.383 e. The van der Waals surface area contributed by atoms with Gasteiger partial charge in [0.05, 0.1) is 11.9 Å². The molecule has 4 nitrogen and oxygen atoms in total. The minimum Gasteiger partial charge on any atom is -0.383 e. The first-order valence-electron chi connectivity index (χ1n) is 6.27. The molecule has 0 amide bonds. The van der Waals surface area contributed by atoms with Crippen molar-refractivity contribution in [1.29, 1.82) is 0 Å². The molecule has 0 radical (unpaired) electrons. The maximum absolute atomic E-state index is 11.6. The summed E-state index contributed by atoms with van der Waals surface area (Å²) in [6.45, 7) is 7.62. The number of nitrogens with one attached hydrogen (secondary N) is 1. The van der Waals surface area contributed by atoms with E-state index >= 15 is 0 Å². The first kappa shape index (κ1) is 15.2. The van der Waals surface area contributed by atoms with Crippen molar-refractivity contribution in [3.63, 3.8) is 0 Å². The molecule has 1 N–H and O–H groups in total. The third kappa shape index (κ3) is 4.80. The first-order valence-corrected chi connectivity index (χ1v) is 7.06. The van der Waals surface area contributed by atoms with Crippen LogP contribution >= 0.6 is 15.9 Å². The van der Waals surface area contributed by atoms with E-state index < -0.39 is 0 Å². The lowest BCUT2D eigenvalue weighted by Gasteiger charge is -2.17. The van der Waals surface area contributed by atoms with E-state index in [0.717, 1.165) is 18.7 Å². The van der Waals surface area contributed by atoms with Crippen molar-refractivity contribution in [1.82, 2.24) is 9.78 Å². The zero-order chi connectivity index (χ0) is 13.8. The molecule has 5 heteroatoms. The summed E-state index contributed by atoms with van der Waals surface area (Å²) < 4.78 is 1.87. The van der Waals surface area contributed by atoms with E-state index in [1.807, 2.05) is 0 Å². The van der Waals surface area contributed by atoms with Crippen LogP contribution in [0, 0.1) is 5.41 Å². The molecule has 0 spiro atoms. The molecular weight excluding hydrogens is 294 g/mol. The Balaban J connectivity index is 2.41. The lowest BCUT2D eigenvalue weighted by atomic mass is 9.90. The van der Waals surface area contributed by atoms with Crippen molar-refractivity contribution < 1.29 is 0 Å². The molecule has 18 heavy (non-hydrogen) atoms. The molecule has 102 valence electrons. The van der Waals surface area contributed by atoms with Gasteiger partial charge in [-0.2, -0.15) is 5.10 Å². The van der Waals surface area contributed by atoms with Gasteiger partial charge in [-0.25, -0.2) is 4.68 Å². The van der Waals surface area contributed by atoms with Crippen molar-refractivity contribution in [2.45, 2.75) is 40.0 Å². The summed E-state index contributed by atoms with van der Waals surface area (Å²) in [7, 11) is 1.64. The van der Waals surface area contributed by atoms with Gasteiger partial charge in [0.2, 0.25) is 0 Å². The van der Waals surface area contributed by atoms with Crippen LogP contribution in [-0.4, -0.2) is 16.3 Å². The number of hydrogen-bond donors (Lipinski definition) is 1. The van der Waals surface area contributed by atoms with Crippen LogP contribution in [0.1, 0.15) is 40.0 Å². The standard InChI is InChI=1S/C13H22BrN3O/c1-13(2,3)7-5-6-8-15-10-9-16-17(4)12(18)11(10)14/h9,15H,5-8H2,1-4H3. The molecule has 0 fully saturated rings. The van der Waals surface area contributed by atoms with Crippen molar-refractivity contribution in [2.24, 2.45) is 12.5 Å². The predicted molar refractivity (Wildman–Crippen MR) is 79.0 cm³/mol. The lowest BCUT2D eigenvalue weighted by Crippen LogP contribution is -2.21. The zero-order valence-corrected chi connectivity index (χ0v) is 13.2. The Morgan fingerprint density at radius 3 is 2.67 bits per heavy atom. The van der Waals surface area contributed by atoms with E-state index in [0.29, 0.717) is 9.89 Å². The highest BCUT2D eigenvalue weighted by Crippen LogP contribution is 2.21. The van der Waals surface area contributed by atoms with Crippen molar-refractivity contribution in [3.05, 3.63) is 21.0 Å². The molecule has 0 saturated carbocycles. The second-order valence-electron chi connectivity index (χ2n) is 5.75. The van der Waals surface area contributed by atoms with Crippen LogP contribution in [0.25, 0.3) is 0 Å². The van der Waals surface area contributed by atoms with E-state index in [1.54, 1.807) is 13.2 Å². The molecule has 1 rings (SSSR count). The van der Waals surface area contributed by atoms with Crippen LogP contribution in [0.5, 0.6) is 0 Å². The number of aromatic nitrogens is 2. The highest BCUT2D eigenvalue weighted by molar-refractivity contribution is 9.10. The van der Waals surface area contributed by atoms with Crippen molar-refractivity contribution in [3.8, 4) is 0 Å². The lowest BCUT2D eigenvalue weighted by molar-refractivity contribution is 0.362. The molecule has 0 unspecified atom stereocenters. The molecule has 1 heterocycles. The normalized spacial score (nSPS) is 11.6. The van der Waals surface area contributed by atoms with E-state index in [4.69, 9.17) is 0 Å². The quantitative estimate of drug-likeness (QED) is 0.849. The van der Waals surface area contributed by atoms with Gasteiger partial charge >= 0.3 is 0 Å². The highest BCUT2D eigenvalue weighted by atomic mass is 79.9. The molecule has 0 aliphatic heterocycles. The van der Waals surface area contributed by atoms with Gasteiger partial charge in [0, 0.05) is 13.6 Å². The molecule has 0 bridgehead atoms. The van der Waals surface area contributed by atoms with Crippen LogP contribution < -0.4 is 10.9 Å². The maximum atomic E-state index is 11.6. The third-order valence-corrected chi connectivity index (χ3v) is 3.51. The van der Waals surface area contributed by atoms with Crippen LogP contribution in [0.4, 0.5) is 5.69 Å².